The van der Waals surface area contributed by atoms with Gasteiger partial charge in [-0.05, 0) is 30.7 Å². The fourth-order valence-corrected chi connectivity index (χ4v) is 2.86. The summed E-state index contributed by atoms with van der Waals surface area (Å²) in [6.07, 6.45) is 9.66. The van der Waals surface area contributed by atoms with E-state index in [2.05, 4.69) is 35.9 Å². The second-order valence-corrected chi connectivity index (χ2v) is 5.92. The molecule has 0 saturated carbocycles. The smallest absolute Gasteiger partial charge is 0.450 e. The number of hydrogen-bond donors (Lipinski definition) is 1. The molecule has 1 aromatic rings. The third kappa shape index (κ3) is 8.71. The first-order valence-electron chi connectivity index (χ1n) is 8.64. The Hall–Kier alpha value is -1.51. The van der Waals surface area contributed by atoms with E-state index in [0.29, 0.717) is 12.5 Å². The van der Waals surface area contributed by atoms with E-state index in [-0.39, 0.29) is 0 Å². The monoisotopic (exact) mass is 306 g/mol. The largest absolute Gasteiger partial charge is 0.505 e. The Kier molecular flexibility index (Phi) is 10.2. The lowest BCUT2D eigenvalue weighted by atomic mass is 9.89. The van der Waals surface area contributed by atoms with Crippen LogP contribution in [0, 0.1) is 0 Å². The molecule has 22 heavy (non-hydrogen) atoms. The van der Waals surface area contributed by atoms with E-state index < -0.39 is 6.16 Å². The Labute approximate surface area is 134 Å². The first-order chi connectivity index (χ1) is 10.7. The highest BCUT2D eigenvalue weighted by molar-refractivity contribution is 5.56. The SMILES string of the molecule is CCCCCCCCC(CCCOC(=O)O)c1ccccc1. The predicted octanol–water partition coefficient (Wildman–Crippen LogP) is 6.00. The van der Waals surface area contributed by atoms with Crippen molar-refractivity contribution in [2.24, 2.45) is 0 Å². The lowest BCUT2D eigenvalue weighted by Crippen LogP contribution is -2.05. The van der Waals surface area contributed by atoms with Crippen LogP contribution in [-0.4, -0.2) is 17.9 Å². The number of carbonyl (C=O) groups is 1. The molecular weight excluding hydrogens is 276 g/mol. The van der Waals surface area contributed by atoms with Crippen LogP contribution < -0.4 is 0 Å². The van der Waals surface area contributed by atoms with E-state index in [0.717, 1.165) is 12.8 Å². The van der Waals surface area contributed by atoms with Crippen molar-refractivity contribution >= 4 is 6.16 Å². The van der Waals surface area contributed by atoms with Gasteiger partial charge in [0, 0.05) is 0 Å². The highest BCUT2D eigenvalue weighted by Crippen LogP contribution is 2.27. The zero-order valence-electron chi connectivity index (χ0n) is 13.8. The second kappa shape index (κ2) is 12.1. The molecule has 1 rings (SSSR count). The number of ether oxygens (including phenoxy) is 1. The van der Waals surface area contributed by atoms with Crippen LogP contribution in [0.3, 0.4) is 0 Å². The van der Waals surface area contributed by atoms with Crippen molar-refractivity contribution in [1.29, 1.82) is 0 Å². The summed E-state index contributed by atoms with van der Waals surface area (Å²) in [6.45, 7) is 2.54. The quantitative estimate of drug-likeness (QED) is 0.381. The normalized spacial score (nSPS) is 12.0. The predicted molar refractivity (Wildman–Crippen MR) is 90.4 cm³/mol. The zero-order valence-corrected chi connectivity index (χ0v) is 13.8. The number of carboxylic acid groups (broad SMARTS) is 1. The van der Waals surface area contributed by atoms with Gasteiger partial charge in [0.25, 0.3) is 0 Å². The lowest BCUT2D eigenvalue weighted by Gasteiger charge is -2.17. The Morgan fingerprint density at radius 1 is 1.00 bits per heavy atom. The van der Waals surface area contributed by atoms with Crippen molar-refractivity contribution < 1.29 is 14.6 Å². The van der Waals surface area contributed by atoms with Gasteiger partial charge in [-0.3, -0.25) is 0 Å². The van der Waals surface area contributed by atoms with E-state index in [4.69, 9.17) is 5.11 Å². The van der Waals surface area contributed by atoms with Gasteiger partial charge < -0.3 is 9.84 Å². The van der Waals surface area contributed by atoms with E-state index >= 15 is 0 Å². The Morgan fingerprint density at radius 2 is 1.64 bits per heavy atom. The molecule has 1 N–H and O–H groups in total. The molecular formula is C19H30O3. The highest BCUT2D eigenvalue weighted by Gasteiger charge is 2.11. The Balaban J connectivity index is 2.33. The second-order valence-electron chi connectivity index (χ2n) is 5.92. The van der Waals surface area contributed by atoms with Crippen LogP contribution in [0.4, 0.5) is 4.79 Å². The molecule has 0 amide bonds. The average Bonchev–Trinajstić information content (AvgIpc) is 2.53. The van der Waals surface area contributed by atoms with Gasteiger partial charge in [-0.1, -0.05) is 75.8 Å². The van der Waals surface area contributed by atoms with E-state index in [9.17, 15) is 4.79 Å². The molecule has 0 aliphatic carbocycles. The summed E-state index contributed by atoms with van der Waals surface area (Å²) in [5.41, 5.74) is 1.37. The molecule has 0 spiro atoms. The standard InChI is InChI=1S/C19H30O3/c1-2-3-4-5-6-8-12-18(15-11-16-22-19(20)21)17-13-9-7-10-14-17/h7,9-10,13-14,18H,2-6,8,11-12,15-16H2,1H3,(H,20,21). The molecule has 0 fully saturated rings. The van der Waals surface area contributed by atoms with Crippen LogP contribution in [0.2, 0.25) is 0 Å². The molecule has 1 unspecified atom stereocenters. The van der Waals surface area contributed by atoms with Gasteiger partial charge in [-0.15, -0.1) is 0 Å². The molecule has 1 aromatic carbocycles. The molecule has 3 nitrogen and oxygen atoms in total. The van der Waals surface area contributed by atoms with Crippen molar-refractivity contribution in [2.45, 2.75) is 70.6 Å². The van der Waals surface area contributed by atoms with E-state index in [1.54, 1.807) is 0 Å². The maximum atomic E-state index is 10.4. The number of benzene rings is 1. The van der Waals surface area contributed by atoms with Gasteiger partial charge in [0.1, 0.15) is 0 Å². The minimum atomic E-state index is -1.17. The van der Waals surface area contributed by atoms with Crippen LogP contribution >= 0.6 is 0 Å². The molecule has 0 aromatic heterocycles. The van der Waals surface area contributed by atoms with Crippen molar-refractivity contribution in [3.63, 3.8) is 0 Å². The van der Waals surface area contributed by atoms with Crippen molar-refractivity contribution in [3.05, 3.63) is 35.9 Å². The molecule has 0 aliphatic heterocycles. The first kappa shape index (κ1) is 18.5. The number of hydrogen-bond acceptors (Lipinski definition) is 2. The van der Waals surface area contributed by atoms with Crippen LogP contribution in [0.1, 0.15) is 76.2 Å². The first-order valence-corrected chi connectivity index (χ1v) is 8.64. The van der Waals surface area contributed by atoms with Gasteiger partial charge in [-0.25, -0.2) is 4.79 Å². The average molecular weight is 306 g/mol. The van der Waals surface area contributed by atoms with E-state index in [1.807, 2.05) is 6.07 Å². The third-order valence-corrected chi connectivity index (χ3v) is 4.10. The summed E-state index contributed by atoms with van der Waals surface area (Å²) in [5.74, 6) is 0.518. The highest BCUT2D eigenvalue weighted by atomic mass is 16.7. The van der Waals surface area contributed by atoms with E-state index in [1.165, 1.54) is 50.5 Å². The minimum absolute atomic E-state index is 0.301. The lowest BCUT2D eigenvalue weighted by molar-refractivity contribution is 0.0895. The Bertz CT molecular complexity index is 389. The molecule has 1 atom stereocenters. The summed E-state index contributed by atoms with van der Waals surface area (Å²) >= 11 is 0. The van der Waals surface area contributed by atoms with Crippen LogP contribution in [-0.2, 0) is 4.74 Å². The van der Waals surface area contributed by atoms with Gasteiger partial charge >= 0.3 is 6.16 Å². The molecule has 0 saturated heterocycles. The molecule has 3 heteroatoms. The van der Waals surface area contributed by atoms with Gasteiger partial charge in [-0.2, -0.15) is 0 Å². The van der Waals surface area contributed by atoms with Gasteiger partial charge in [0.05, 0.1) is 6.61 Å². The fourth-order valence-electron chi connectivity index (χ4n) is 2.86. The molecule has 124 valence electrons. The summed E-state index contributed by atoms with van der Waals surface area (Å²) in [5, 5.41) is 8.52. The zero-order chi connectivity index (χ0) is 16.0. The molecule has 0 aliphatic rings. The Morgan fingerprint density at radius 3 is 2.32 bits per heavy atom. The van der Waals surface area contributed by atoms with Gasteiger partial charge in [0.15, 0.2) is 0 Å². The molecule has 0 radical (unpaired) electrons. The number of unbranched alkanes of at least 4 members (excludes halogenated alkanes) is 5. The topological polar surface area (TPSA) is 46.5 Å². The summed E-state index contributed by atoms with van der Waals surface area (Å²) < 4.78 is 4.61. The van der Waals surface area contributed by atoms with Crippen molar-refractivity contribution in [3.8, 4) is 0 Å². The molecule has 0 bridgehead atoms. The van der Waals surface area contributed by atoms with Crippen LogP contribution in [0.25, 0.3) is 0 Å². The minimum Gasteiger partial charge on any atom is -0.450 e. The summed E-state index contributed by atoms with van der Waals surface area (Å²) in [7, 11) is 0. The molecule has 0 heterocycles. The number of rotatable bonds is 12. The van der Waals surface area contributed by atoms with Crippen molar-refractivity contribution in [2.75, 3.05) is 6.61 Å². The third-order valence-electron chi connectivity index (χ3n) is 4.10. The fraction of sp³-hybridized carbons (Fsp3) is 0.632. The van der Waals surface area contributed by atoms with Crippen LogP contribution in [0.15, 0.2) is 30.3 Å². The summed E-state index contributed by atoms with van der Waals surface area (Å²) in [6, 6.07) is 10.6. The van der Waals surface area contributed by atoms with Crippen LogP contribution in [0.5, 0.6) is 0 Å². The maximum absolute atomic E-state index is 10.4. The maximum Gasteiger partial charge on any atom is 0.505 e. The van der Waals surface area contributed by atoms with Gasteiger partial charge in [0.2, 0.25) is 0 Å². The summed E-state index contributed by atoms with van der Waals surface area (Å²) in [4.78, 5) is 10.4. The van der Waals surface area contributed by atoms with Crippen molar-refractivity contribution in [1.82, 2.24) is 0 Å².